The first kappa shape index (κ1) is 9.62. The van der Waals surface area contributed by atoms with Gasteiger partial charge in [0.1, 0.15) is 23.3 Å². The van der Waals surface area contributed by atoms with Crippen molar-refractivity contribution in [2.24, 2.45) is 0 Å². The van der Waals surface area contributed by atoms with E-state index < -0.39 is 11.6 Å². The highest BCUT2D eigenvalue weighted by atomic mass is 79.9. The zero-order chi connectivity index (χ0) is 9.30. The zero-order valence-corrected chi connectivity index (χ0v) is 8.71. The van der Waals surface area contributed by atoms with Crippen molar-refractivity contribution in [1.29, 1.82) is 5.26 Å². The van der Waals surface area contributed by atoms with E-state index in [0.717, 1.165) is 0 Å². The summed E-state index contributed by atoms with van der Waals surface area (Å²) in [6, 6.07) is 2.27. The molecule has 0 saturated heterocycles. The van der Waals surface area contributed by atoms with Gasteiger partial charge in [0.25, 0.3) is 0 Å². The summed E-state index contributed by atoms with van der Waals surface area (Å²) in [7, 11) is 0. The highest BCUT2D eigenvalue weighted by Crippen LogP contribution is 2.30. The molecule has 62 valence electrons. The maximum atomic E-state index is 12.8. The molecule has 0 spiro atoms. The molecule has 0 saturated carbocycles. The monoisotopic (exact) mass is 295 g/mol. The second-order valence-electron chi connectivity index (χ2n) is 1.95. The molecule has 0 amide bonds. The summed E-state index contributed by atoms with van der Waals surface area (Å²) in [6.45, 7) is 0. The van der Waals surface area contributed by atoms with Crippen molar-refractivity contribution in [1.82, 2.24) is 0 Å². The summed E-state index contributed by atoms with van der Waals surface area (Å²) in [4.78, 5) is 0. The van der Waals surface area contributed by atoms with Gasteiger partial charge in [-0.25, -0.2) is 8.78 Å². The molecule has 0 atom stereocenters. The Hall–Kier alpha value is -0.470. The number of halogens is 4. The molecule has 0 aliphatic rings. The van der Waals surface area contributed by atoms with Crippen LogP contribution in [0.15, 0.2) is 15.0 Å². The van der Waals surface area contributed by atoms with Gasteiger partial charge in [0.2, 0.25) is 0 Å². The Kier molecular flexibility index (Phi) is 2.80. The fourth-order valence-corrected chi connectivity index (χ4v) is 1.45. The lowest BCUT2D eigenvalue weighted by atomic mass is 10.2. The van der Waals surface area contributed by atoms with Gasteiger partial charge in [0, 0.05) is 6.07 Å². The van der Waals surface area contributed by atoms with Crippen molar-refractivity contribution in [2.75, 3.05) is 0 Å². The minimum atomic E-state index is -0.870. The van der Waals surface area contributed by atoms with Crippen LogP contribution < -0.4 is 0 Å². The number of rotatable bonds is 0. The lowest BCUT2D eigenvalue weighted by Crippen LogP contribution is -1.90. The van der Waals surface area contributed by atoms with Gasteiger partial charge in [-0.3, -0.25) is 0 Å². The smallest absolute Gasteiger partial charge is 0.145 e. The van der Waals surface area contributed by atoms with Gasteiger partial charge in [-0.1, -0.05) is 0 Å². The Labute approximate surface area is 84.3 Å². The molecule has 1 aromatic rings. The largest absolute Gasteiger partial charge is 0.206 e. The average Bonchev–Trinajstić information content (AvgIpc) is 2.01. The standard InChI is InChI=1S/C7HBr2F2N/c8-6-3(2-12)4(10)1-5(11)7(6)9/h1H. The van der Waals surface area contributed by atoms with Crippen LogP contribution >= 0.6 is 31.9 Å². The quantitative estimate of drug-likeness (QED) is 0.532. The summed E-state index contributed by atoms with van der Waals surface area (Å²) in [5.41, 5.74) is -0.205. The van der Waals surface area contributed by atoms with Gasteiger partial charge in [0.05, 0.1) is 8.95 Å². The Morgan fingerprint density at radius 3 is 2.25 bits per heavy atom. The zero-order valence-electron chi connectivity index (χ0n) is 5.54. The van der Waals surface area contributed by atoms with Crippen LogP contribution in [0.1, 0.15) is 5.56 Å². The van der Waals surface area contributed by atoms with Crippen molar-refractivity contribution < 1.29 is 8.78 Å². The number of hydrogen-bond acceptors (Lipinski definition) is 1. The van der Waals surface area contributed by atoms with Crippen molar-refractivity contribution in [3.05, 3.63) is 32.2 Å². The molecule has 1 rings (SSSR count). The van der Waals surface area contributed by atoms with Gasteiger partial charge in [-0.05, 0) is 31.9 Å². The van der Waals surface area contributed by atoms with Crippen molar-refractivity contribution in [3.8, 4) is 6.07 Å². The Morgan fingerprint density at radius 1 is 1.17 bits per heavy atom. The topological polar surface area (TPSA) is 23.8 Å². The molecule has 0 aromatic heterocycles. The summed E-state index contributed by atoms with van der Waals surface area (Å²) < 4.78 is 25.7. The van der Waals surface area contributed by atoms with Crippen LogP contribution in [-0.2, 0) is 0 Å². The molecule has 0 radical (unpaired) electrons. The van der Waals surface area contributed by atoms with E-state index in [9.17, 15) is 8.78 Å². The summed E-state index contributed by atoms with van der Waals surface area (Å²) in [6.07, 6.45) is 0. The lowest BCUT2D eigenvalue weighted by molar-refractivity contribution is 0.575. The van der Waals surface area contributed by atoms with Gasteiger partial charge in [-0.15, -0.1) is 0 Å². The molecular weight excluding hydrogens is 296 g/mol. The van der Waals surface area contributed by atoms with E-state index in [0.29, 0.717) is 6.07 Å². The Balaban J connectivity index is 3.54. The number of benzene rings is 1. The van der Waals surface area contributed by atoms with Crippen LogP contribution in [-0.4, -0.2) is 0 Å². The van der Waals surface area contributed by atoms with Crippen LogP contribution in [0.4, 0.5) is 8.78 Å². The van der Waals surface area contributed by atoms with E-state index in [1.165, 1.54) is 0 Å². The van der Waals surface area contributed by atoms with E-state index in [2.05, 4.69) is 31.9 Å². The predicted molar refractivity (Wildman–Crippen MR) is 46.5 cm³/mol. The summed E-state index contributed by atoms with van der Waals surface area (Å²) >= 11 is 5.76. The molecule has 5 heteroatoms. The third kappa shape index (κ3) is 1.50. The first-order chi connectivity index (χ1) is 5.57. The van der Waals surface area contributed by atoms with E-state index in [-0.39, 0.29) is 14.5 Å². The Bertz CT molecular complexity index is 371. The number of nitrogens with zero attached hydrogens (tertiary/aromatic N) is 1. The summed E-state index contributed by atoms with van der Waals surface area (Å²) in [5, 5.41) is 8.45. The third-order valence-electron chi connectivity index (χ3n) is 1.23. The van der Waals surface area contributed by atoms with E-state index in [1.54, 1.807) is 6.07 Å². The van der Waals surface area contributed by atoms with E-state index in [1.807, 2.05) is 0 Å². The first-order valence-corrected chi connectivity index (χ1v) is 4.39. The molecule has 0 bridgehead atoms. The molecule has 12 heavy (non-hydrogen) atoms. The molecule has 0 aliphatic heterocycles. The highest BCUT2D eigenvalue weighted by Gasteiger charge is 2.14. The van der Waals surface area contributed by atoms with Gasteiger partial charge in [-0.2, -0.15) is 5.26 Å². The van der Waals surface area contributed by atoms with E-state index >= 15 is 0 Å². The van der Waals surface area contributed by atoms with Crippen LogP contribution in [0.2, 0.25) is 0 Å². The van der Waals surface area contributed by atoms with Gasteiger partial charge >= 0.3 is 0 Å². The normalized spacial score (nSPS) is 9.58. The molecule has 0 fully saturated rings. The molecule has 0 aliphatic carbocycles. The van der Waals surface area contributed by atoms with Crippen LogP contribution in [0, 0.1) is 23.0 Å². The average molecular weight is 297 g/mol. The second-order valence-corrected chi connectivity index (χ2v) is 3.54. The van der Waals surface area contributed by atoms with Crippen LogP contribution in [0.25, 0.3) is 0 Å². The lowest BCUT2D eigenvalue weighted by Gasteiger charge is -2.00. The second kappa shape index (κ2) is 3.50. The van der Waals surface area contributed by atoms with Crippen LogP contribution in [0.3, 0.4) is 0 Å². The van der Waals surface area contributed by atoms with E-state index in [4.69, 9.17) is 5.26 Å². The highest BCUT2D eigenvalue weighted by molar-refractivity contribution is 9.13. The third-order valence-corrected chi connectivity index (χ3v) is 3.33. The van der Waals surface area contributed by atoms with Crippen molar-refractivity contribution in [3.63, 3.8) is 0 Å². The fourth-order valence-electron chi connectivity index (χ4n) is 0.669. The number of hydrogen-bond donors (Lipinski definition) is 0. The minimum absolute atomic E-state index is 0.0560. The maximum Gasteiger partial charge on any atom is 0.145 e. The molecule has 1 nitrogen and oxygen atoms in total. The van der Waals surface area contributed by atoms with Gasteiger partial charge < -0.3 is 0 Å². The van der Waals surface area contributed by atoms with Crippen molar-refractivity contribution >= 4 is 31.9 Å². The van der Waals surface area contributed by atoms with Gasteiger partial charge in [0.15, 0.2) is 0 Å². The molecule has 0 N–H and O–H groups in total. The molecule has 0 heterocycles. The molecule has 1 aromatic carbocycles. The fraction of sp³-hybridized carbons (Fsp3) is 0. The maximum absolute atomic E-state index is 12.8. The summed E-state index contributed by atoms with van der Waals surface area (Å²) in [5.74, 6) is -1.61. The first-order valence-electron chi connectivity index (χ1n) is 2.81. The molecular formula is C7HBr2F2N. The Morgan fingerprint density at radius 2 is 1.75 bits per heavy atom. The molecule has 0 unspecified atom stereocenters. The minimum Gasteiger partial charge on any atom is -0.206 e. The predicted octanol–water partition coefficient (Wildman–Crippen LogP) is 3.36. The van der Waals surface area contributed by atoms with Crippen molar-refractivity contribution in [2.45, 2.75) is 0 Å². The van der Waals surface area contributed by atoms with Crippen LogP contribution in [0.5, 0.6) is 0 Å². The number of nitriles is 1. The SMILES string of the molecule is N#Cc1c(F)cc(F)c(Br)c1Br.